The first-order chi connectivity index (χ1) is 8.36. The Balaban J connectivity index is 2.60. The molecular weight excluding hydrogens is 256 g/mol. The lowest BCUT2D eigenvalue weighted by Gasteiger charge is -2.05. The number of aromatic nitrogens is 3. The molecule has 0 spiro atoms. The fourth-order valence-corrected chi connectivity index (χ4v) is 2.21. The number of Topliss-reactive ketones (excluding diaryl/α,β-unsaturated/α-hetero) is 1. The van der Waals surface area contributed by atoms with E-state index in [2.05, 4.69) is 10.3 Å². The minimum Gasteiger partial charge on any atom is -0.329 e. The third-order valence-corrected chi connectivity index (χ3v) is 4.72. The highest BCUT2D eigenvalue weighted by molar-refractivity contribution is 7.91. The Kier molecular flexibility index (Phi) is 4.97. The Morgan fingerprint density at radius 2 is 2.17 bits per heavy atom. The molecule has 7 nitrogen and oxygen atoms in total. The van der Waals surface area contributed by atoms with Gasteiger partial charge in [0.05, 0.1) is 23.7 Å². The average molecular weight is 274 g/mol. The van der Waals surface area contributed by atoms with E-state index in [0.29, 0.717) is 13.1 Å². The van der Waals surface area contributed by atoms with E-state index in [1.807, 2.05) is 0 Å². The van der Waals surface area contributed by atoms with Crippen molar-refractivity contribution in [2.24, 2.45) is 5.73 Å². The standard InChI is InChI=1S/C10H18N4O3S/c1-8(2)18(16,17)6-3-10(15)9-7-14(5-4-11)13-12-9/h7-8H,3-6,11H2,1-2H3. The Bertz CT molecular complexity index is 507. The number of sulfone groups is 1. The molecule has 0 fully saturated rings. The van der Waals surface area contributed by atoms with Crippen molar-refractivity contribution in [3.05, 3.63) is 11.9 Å². The second-order valence-electron chi connectivity index (χ2n) is 4.24. The molecule has 0 atom stereocenters. The molecule has 0 aliphatic heterocycles. The van der Waals surface area contributed by atoms with Gasteiger partial charge < -0.3 is 5.73 Å². The minimum atomic E-state index is -3.20. The lowest BCUT2D eigenvalue weighted by atomic mass is 10.2. The van der Waals surface area contributed by atoms with Gasteiger partial charge in [0.25, 0.3) is 0 Å². The zero-order chi connectivity index (χ0) is 13.8. The normalized spacial score (nSPS) is 12.0. The summed E-state index contributed by atoms with van der Waals surface area (Å²) in [5.74, 6) is -0.477. The molecule has 0 radical (unpaired) electrons. The van der Waals surface area contributed by atoms with E-state index in [0.717, 1.165) is 0 Å². The van der Waals surface area contributed by atoms with Gasteiger partial charge in [0, 0.05) is 13.0 Å². The first kappa shape index (κ1) is 14.8. The van der Waals surface area contributed by atoms with Gasteiger partial charge in [0.15, 0.2) is 15.6 Å². The fraction of sp³-hybridized carbons (Fsp3) is 0.700. The highest BCUT2D eigenvalue weighted by Gasteiger charge is 2.19. The van der Waals surface area contributed by atoms with Gasteiger partial charge in [-0.3, -0.25) is 9.48 Å². The highest BCUT2D eigenvalue weighted by atomic mass is 32.2. The van der Waals surface area contributed by atoms with E-state index in [1.54, 1.807) is 13.8 Å². The van der Waals surface area contributed by atoms with Crippen molar-refractivity contribution in [2.75, 3.05) is 12.3 Å². The Labute approximate surface area is 106 Å². The smallest absolute Gasteiger partial charge is 0.185 e. The summed E-state index contributed by atoms with van der Waals surface area (Å²) in [6.45, 7) is 4.07. The molecule has 0 bridgehead atoms. The molecule has 1 heterocycles. The van der Waals surface area contributed by atoms with Crippen LogP contribution in [0.25, 0.3) is 0 Å². The molecule has 0 saturated carbocycles. The molecule has 0 unspecified atom stereocenters. The molecule has 0 amide bonds. The van der Waals surface area contributed by atoms with Crippen LogP contribution in [0.15, 0.2) is 6.20 Å². The molecule has 2 N–H and O–H groups in total. The predicted molar refractivity (Wildman–Crippen MR) is 66.9 cm³/mol. The maximum Gasteiger partial charge on any atom is 0.185 e. The van der Waals surface area contributed by atoms with Crippen molar-refractivity contribution in [3.8, 4) is 0 Å². The lowest BCUT2D eigenvalue weighted by Crippen LogP contribution is -2.20. The first-order valence-electron chi connectivity index (χ1n) is 5.72. The first-order valence-corrected chi connectivity index (χ1v) is 7.43. The van der Waals surface area contributed by atoms with Crippen LogP contribution in [0.4, 0.5) is 0 Å². The number of nitrogens with zero attached hydrogens (tertiary/aromatic N) is 3. The summed E-state index contributed by atoms with van der Waals surface area (Å²) in [5.41, 5.74) is 5.52. The van der Waals surface area contributed by atoms with Crippen LogP contribution in [-0.4, -0.2) is 46.7 Å². The monoisotopic (exact) mass is 274 g/mol. The zero-order valence-electron chi connectivity index (χ0n) is 10.5. The SMILES string of the molecule is CC(C)S(=O)(=O)CCC(=O)c1cn(CCN)nn1. The summed E-state index contributed by atoms with van der Waals surface area (Å²) in [7, 11) is -3.20. The maximum absolute atomic E-state index is 11.7. The van der Waals surface area contributed by atoms with Crippen molar-refractivity contribution in [1.29, 1.82) is 0 Å². The highest BCUT2D eigenvalue weighted by Crippen LogP contribution is 2.06. The summed E-state index contributed by atoms with van der Waals surface area (Å²) in [5, 5.41) is 6.94. The van der Waals surface area contributed by atoms with Crippen molar-refractivity contribution < 1.29 is 13.2 Å². The predicted octanol–water partition coefficient (Wildman–Crippen LogP) is -0.367. The molecule has 1 aromatic heterocycles. The molecule has 0 aliphatic rings. The largest absolute Gasteiger partial charge is 0.329 e. The molecule has 18 heavy (non-hydrogen) atoms. The third kappa shape index (κ3) is 3.88. The van der Waals surface area contributed by atoms with Crippen LogP contribution in [-0.2, 0) is 16.4 Å². The molecule has 102 valence electrons. The molecular formula is C10H18N4O3S. The van der Waals surface area contributed by atoms with Gasteiger partial charge in [0.2, 0.25) is 0 Å². The van der Waals surface area contributed by atoms with Gasteiger partial charge in [-0.2, -0.15) is 0 Å². The molecule has 0 aromatic carbocycles. The van der Waals surface area contributed by atoms with Gasteiger partial charge >= 0.3 is 0 Å². The van der Waals surface area contributed by atoms with Gasteiger partial charge in [-0.1, -0.05) is 5.21 Å². The van der Waals surface area contributed by atoms with Crippen molar-refractivity contribution in [3.63, 3.8) is 0 Å². The summed E-state index contributed by atoms with van der Waals surface area (Å²) in [6, 6.07) is 0. The topological polar surface area (TPSA) is 108 Å². The Morgan fingerprint density at radius 3 is 2.72 bits per heavy atom. The van der Waals surface area contributed by atoms with Gasteiger partial charge in [-0.15, -0.1) is 5.10 Å². The number of ketones is 1. The minimum absolute atomic E-state index is 0.0676. The number of rotatable bonds is 7. The van der Waals surface area contributed by atoms with Crippen molar-refractivity contribution in [2.45, 2.75) is 32.1 Å². The molecule has 1 rings (SSSR count). The summed E-state index contributed by atoms with van der Waals surface area (Å²) in [6.07, 6.45) is 1.42. The van der Waals surface area contributed by atoms with E-state index in [4.69, 9.17) is 5.73 Å². The van der Waals surface area contributed by atoms with E-state index in [1.165, 1.54) is 10.9 Å². The van der Waals surface area contributed by atoms with Crippen LogP contribution in [0.1, 0.15) is 30.8 Å². The quantitative estimate of drug-likeness (QED) is 0.680. The number of nitrogens with two attached hydrogens (primary N) is 1. The van der Waals surface area contributed by atoms with E-state index in [-0.39, 0.29) is 23.7 Å². The van der Waals surface area contributed by atoms with Crippen LogP contribution in [0.5, 0.6) is 0 Å². The Morgan fingerprint density at radius 1 is 1.50 bits per heavy atom. The molecule has 0 aliphatic carbocycles. The van der Waals surface area contributed by atoms with E-state index < -0.39 is 15.1 Å². The fourth-order valence-electron chi connectivity index (χ4n) is 1.27. The van der Waals surface area contributed by atoms with Crippen LogP contribution in [0.2, 0.25) is 0 Å². The van der Waals surface area contributed by atoms with Crippen LogP contribution in [0, 0.1) is 0 Å². The van der Waals surface area contributed by atoms with Crippen LogP contribution < -0.4 is 5.73 Å². The average Bonchev–Trinajstić information content (AvgIpc) is 2.75. The van der Waals surface area contributed by atoms with Gasteiger partial charge in [-0.25, -0.2) is 8.42 Å². The number of hydrogen-bond acceptors (Lipinski definition) is 6. The van der Waals surface area contributed by atoms with Crippen LogP contribution in [0.3, 0.4) is 0 Å². The van der Waals surface area contributed by atoms with Crippen molar-refractivity contribution >= 4 is 15.6 Å². The lowest BCUT2D eigenvalue weighted by molar-refractivity contribution is 0.0984. The summed E-state index contributed by atoms with van der Waals surface area (Å²) < 4.78 is 24.6. The summed E-state index contributed by atoms with van der Waals surface area (Å²) in [4.78, 5) is 11.7. The van der Waals surface area contributed by atoms with E-state index in [9.17, 15) is 13.2 Å². The van der Waals surface area contributed by atoms with E-state index >= 15 is 0 Å². The molecule has 8 heteroatoms. The zero-order valence-corrected chi connectivity index (χ0v) is 11.4. The van der Waals surface area contributed by atoms with Gasteiger partial charge in [-0.05, 0) is 13.8 Å². The third-order valence-electron chi connectivity index (χ3n) is 2.51. The van der Waals surface area contributed by atoms with Crippen LogP contribution >= 0.6 is 0 Å². The second-order valence-corrected chi connectivity index (χ2v) is 6.92. The Hall–Kier alpha value is -1.28. The van der Waals surface area contributed by atoms with Crippen molar-refractivity contribution in [1.82, 2.24) is 15.0 Å². The van der Waals surface area contributed by atoms with Gasteiger partial charge in [0.1, 0.15) is 5.69 Å². The second kappa shape index (κ2) is 6.05. The summed E-state index contributed by atoms with van der Waals surface area (Å²) >= 11 is 0. The number of carbonyl (C=O) groups is 1. The molecule has 1 aromatic rings. The number of hydrogen-bond donors (Lipinski definition) is 1. The molecule has 0 saturated heterocycles. The maximum atomic E-state index is 11.7. The number of carbonyl (C=O) groups excluding carboxylic acids is 1.